The second-order valence-electron chi connectivity index (χ2n) is 10.8. The maximum absolute atomic E-state index is 2.54. The fraction of sp³-hybridized carbons (Fsp3) is 1.00. The van der Waals surface area contributed by atoms with Crippen LogP contribution in [-0.4, -0.2) is 0 Å². The summed E-state index contributed by atoms with van der Waals surface area (Å²) in [6, 6.07) is 0. The highest BCUT2D eigenvalue weighted by Crippen LogP contribution is 2.51. The van der Waals surface area contributed by atoms with E-state index in [1.165, 1.54) is 122 Å². The van der Waals surface area contributed by atoms with Crippen molar-refractivity contribution < 1.29 is 0 Å². The van der Waals surface area contributed by atoms with E-state index in [1.807, 2.05) is 0 Å². The van der Waals surface area contributed by atoms with Gasteiger partial charge in [0.05, 0.1) is 0 Å². The van der Waals surface area contributed by atoms with Gasteiger partial charge in [-0.25, -0.2) is 0 Å². The average molecular weight is 407 g/mol. The van der Waals surface area contributed by atoms with Gasteiger partial charge in [0.2, 0.25) is 0 Å². The zero-order chi connectivity index (χ0) is 21.2. The summed E-state index contributed by atoms with van der Waals surface area (Å²) in [6.07, 6.45) is 32.5. The molecule has 0 saturated heterocycles. The first-order chi connectivity index (χ1) is 14.2. The lowest BCUT2D eigenvalue weighted by Gasteiger charge is -2.47. The fourth-order valence-electron chi connectivity index (χ4n) is 6.35. The van der Waals surface area contributed by atoms with Gasteiger partial charge in [0, 0.05) is 0 Å². The van der Waals surface area contributed by atoms with Crippen LogP contribution in [-0.2, 0) is 0 Å². The third kappa shape index (κ3) is 11.8. The Bertz CT molecular complexity index is 324. The van der Waals surface area contributed by atoms with Gasteiger partial charge >= 0.3 is 0 Å². The highest BCUT2D eigenvalue weighted by atomic mass is 14.5. The lowest BCUT2D eigenvalue weighted by molar-refractivity contribution is 0.0356. The van der Waals surface area contributed by atoms with Crippen molar-refractivity contribution in [1.82, 2.24) is 0 Å². The second-order valence-corrected chi connectivity index (χ2v) is 10.8. The van der Waals surface area contributed by atoms with Crippen molar-refractivity contribution in [2.45, 2.75) is 169 Å². The molecule has 0 bridgehead atoms. The summed E-state index contributed by atoms with van der Waals surface area (Å²) in [6.45, 7) is 9.67. The molecule has 0 aromatic rings. The van der Waals surface area contributed by atoms with E-state index in [-0.39, 0.29) is 0 Å². The molecule has 0 aliphatic heterocycles. The monoisotopic (exact) mass is 406 g/mol. The third-order valence-corrected chi connectivity index (χ3v) is 8.18. The second kappa shape index (κ2) is 17.7. The lowest BCUT2D eigenvalue weighted by atomic mass is 9.58. The van der Waals surface area contributed by atoms with Crippen molar-refractivity contribution in [1.29, 1.82) is 0 Å². The molecule has 1 fully saturated rings. The Hall–Kier alpha value is 0. The van der Waals surface area contributed by atoms with E-state index in [2.05, 4.69) is 27.7 Å². The minimum absolute atomic E-state index is 0.705. The molecular weight excluding hydrogens is 348 g/mol. The topological polar surface area (TPSA) is 0 Å². The minimum Gasteiger partial charge on any atom is -0.0654 e. The van der Waals surface area contributed by atoms with E-state index >= 15 is 0 Å². The number of unbranched alkanes of at least 4 members (excludes halogenated alkanes) is 14. The van der Waals surface area contributed by atoms with Crippen LogP contribution in [0.15, 0.2) is 0 Å². The van der Waals surface area contributed by atoms with Gasteiger partial charge in [-0.3, -0.25) is 0 Å². The van der Waals surface area contributed by atoms with Crippen LogP contribution in [0.4, 0.5) is 0 Å². The Labute approximate surface area is 186 Å². The molecular formula is C29H58. The molecule has 0 N–H and O–H groups in total. The first-order valence-electron chi connectivity index (χ1n) is 14.2. The van der Waals surface area contributed by atoms with E-state index in [1.54, 1.807) is 19.3 Å². The van der Waals surface area contributed by atoms with Gasteiger partial charge in [0.1, 0.15) is 0 Å². The van der Waals surface area contributed by atoms with Gasteiger partial charge < -0.3 is 0 Å². The highest BCUT2D eigenvalue weighted by Gasteiger charge is 2.40. The fourth-order valence-corrected chi connectivity index (χ4v) is 6.35. The van der Waals surface area contributed by atoms with Gasteiger partial charge in [0.25, 0.3) is 0 Å². The Morgan fingerprint density at radius 1 is 0.552 bits per heavy atom. The lowest BCUT2D eigenvalue weighted by Crippen LogP contribution is -2.36. The van der Waals surface area contributed by atoms with Crippen molar-refractivity contribution >= 4 is 0 Å². The van der Waals surface area contributed by atoms with E-state index in [4.69, 9.17) is 0 Å². The summed E-state index contributed by atoms with van der Waals surface area (Å²) in [5.74, 6) is 1.99. The van der Waals surface area contributed by atoms with Crippen LogP contribution >= 0.6 is 0 Å². The molecule has 1 saturated carbocycles. The quantitative estimate of drug-likeness (QED) is 0.187. The molecule has 0 heteroatoms. The largest absolute Gasteiger partial charge is 0.0654 e. The molecule has 2 unspecified atom stereocenters. The maximum atomic E-state index is 2.54. The van der Waals surface area contributed by atoms with Crippen LogP contribution in [0, 0.1) is 17.3 Å². The SMILES string of the molecule is CCCCCCCCCCC1(CCCCCCCCCC)CC(C)CCC1CC. The summed E-state index contributed by atoms with van der Waals surface area (Å²) < 4.78 is 0. The molecule has 0 heterocycles. The molecule has 2 atom stereocenters. The number of rotatable bonds is 19. The van der Waals surface area contributed by atoms with Crippen LogP contribution in [0.25, 0.3) is 0 Å². The van der Waals surface area contributed by atoms with Gasteiger partial charge in [-0.2, -0.15) is 0 Å². The summed E-state index contributed by atoms with van der Waals surface area (Å²) >= 11 is 0. The van der Waals surface area contributed by atoms with Crippen LogP contribution < -0.4 is 0 Å². The van der Waals surface area contributed by atoms with Crippen LogP contribution in [0.1, 0.15) is 169 Å². The molecule has 29 heavy (non-hydrogen) atoms. The molecule has 1 rings (SSSR count). The molecule has 1 aliphatic rings. The zero-order valence-electron chi connectivity index (χ0n) is 21.2. The summed E-state index contributed by atoms with van der Waals surface area (Å²) in [7, 11) is 0. The predicted molar refractivity (Wildman–Crippen MR) is 134 cm³/mol. The van der Waals surface area contributed by atoms with Crippen molar-refractivity contribution in [3.63, 3.8) is 0 Å². The first kappa shape index (κ1) is 27.0. The number of hydrogen-bond acceptors (Lipinski definition) is 0. The maximum Gasteiger partial charge on any atom is -0.0267 e. The Morgan fingerprint density at radius 3 is 1.38 bits per heavy atom. The zero-order valence-corrected chi connectivity index (χ0v) is 21.2. The molecule has 0 aromatic carbocycles. The standard InChI is InChI=1S/C29H58/c1-5-8-10-12-14-16-18-20-24-29(26-27(4)22-23-28(29)7-3)25-21-19-17-15-13-11-9-6-2/h27-28H,5-26H2,1-4H3. The van der Waals surface area contributed by atoms with E-state index < -0.39 is 0 Å². The summed E-state index contributed by atoms with van der Waals surface area (Å²) in [5.41, 5.74) is 0.705. The first-order valence-corrected chi connectivity index (χ1v) is 14.2. The number of hydrogen-bond donors (Lipinski definition) is 0. The van der Waals surface area contributed by atoms with Gasteiger partial charge in [0.15, 0.2) is 0 Å². The normalized spacial score (nSPS) is 21.5. The molecule has 0 amide bonds. The van der Waals surface area contributed by atoms with Crippen molar-refractivity contribution in [2.24, 2.45) is 17.3 Å². The van der Waals surface area contributed by atoms with Crippen LogP contribution in [0.5, 0.6) is 0 Å². The Balaban J connectivity index is 2.36. The predicted octanol–water partition coefficient (Wildman–Crippen LogP) is 10.9. The van der Waals surface area contributed by atoms with E-state index in [0.717, 1.165) is 11.8 Å². The van der Waals surface area contributed by atoms with Gasteiger partial charge in [-0.1, -0.05) is 143 Å². The van der Waals surface area contributed by atoms with E-state index in [0.29, 0.717) is 5.41 Å². The molecule has 1 aliphatic carbocycles. The third-order valence-electron chi connectivity index (χ3n) is 8.18. The van der Waals surface area contributed by atoms with Gasteiger partial charge in [-0.15, -0.1) is 0 Å². The van der Waals surface area contributed by atoms with Crippen LogP contribution in [0.2, 0.25) is 0 Å². The molecule has 0 radical (unpaired) electrons. The van der Waals surface area contributed by atoms with E-state index in [9.17, 15) is 0 Å². The Kier molecular flexibility index (Phi) is 16.5. The molecule has 0 aromatic heterocycles. The van der Waals surface area contributed by atoms with Crippen molar-refractivity contribution in [3.8, 4) is 0 Å². The molecule has 174 valence electrons. The average Bonchev–Trinajstić information content (AvgIpc) is 2.72. The summed E-state index contributed by atoms with van der Waals surface area (Å²) in [5, 5.41) is 0. The smallest absolute Gasteiger partial charge is 0.0267 e. The summed E-state index contributed by atoms with van der Waals surface area (Å²) in [4.78, 5) is 0. The van der Waals surface area contributed by atoms with Crippen molar-refractivity contribution in [2.75, 3.05) is 0 Å². The molecule has 0 spiro atoms. The van der Waals surface area contributed by atoms with Crippen molar-refractivity contribution in [3.05, 3.63) is 0 Å². The van der Waals surface area contributed by atoms with Gasteiger partial charge in [-0.05, 0) is 42.9 Å². The Morgan fingerprint density at radius 2 is 0.966 bits per heavy atom. The van der Waals surface area contributed by atoms with Crippen LogP contribution in [0.3, 0.4) is 0 Å². The highest BCUT2D eigenvalue weighted by molar-refractivity contribution is 4.91. The minimum atomic E-state index is 0.705. The molecule has 0 nitrogen and oxygen atoms in total.